The predicted octanol–water partition coefficient (Wildman–Crippen LogP) is 3.64. The minimum Gasteiger partial charge on any atom is -0.358 e. The van der Waals surface area contributed by atoms with Crippen LogP contribution in [0, 0.1) is 17.2 Å². The molecule has 0 aliphatic heterocycles. The van der Waals surface area contributed by atoms with Crippen LogP contribution in [0.5, 0.6) is 0 Å². The van der Waals surface area contributed by atoms with E-state index in [1.807, 2.05) is 36.6 Å². The van der Waals surface area contributed by atoms with Gasteiger partial charge in [-0.2, -0.15) is 5.26 Å². The molecule has 3 atom stereocenters. The number of hydrogen-bond acceptors (Lipinski definition) is 5. The van der Waals surface area contributed by atoms with Crippen molar-refractivity contribution in [3.63, 3.8) is 0 Å². The first kappa shape index (κ1) is 19.6. The van der Waals surface area contributed by atoms with Crippen LogP contribution in [-0.2, 0) is 4.79 Å². The van der Waals surface area contributed by atoms with Crippen LogP contribution in [0.15, 0.2) is 40.3 Å². The maximum atomic E-state index is 12.4. The fourth-order valence-electron chi connectivity index (χ4n) is 2.61. The van der Waals surface area contributed by atoms with Gasteiger partial charge >= 0.3 is 0 Å². The summed E-state index contributed by atoms with van der Waals surface area (Å²) in [6.07, 6.45) is 2.78. The lowest BCUT2D eigenvalue weighted by atomic mass is 9.97. The lowest BCUT2D eigenvalue weighted by Gasteiger charge is -2.25. The molecule has 2 aromatic rings. The summed E-state index contributed by atoms with van der Waals surface area (Å²) < 4.78 is 1.000. The summed E-state index contributed by atoms with van der Waals surface area (Å²) in [7, 11) is 1.63. The fraction of sp³-hybridized carbons (Fsp3) is 0.389. The highest BCUT2D eigenvalue weighted by Crippen LogP contribution is 2.27. The lowest BCUT2D eigenvalue weighted by Crippen LogP contribution is -2.45. The van der Waals surface area contributed by atoms with E-state index in [1.165, 1.54) is 0 Å². The van der Waals surface area contributed by atoms with Crippen molar-refractivity contribution in [2.75, 3.05) is 7.05 Å². The standard InChI is InChI=1S/C18H21BrN4OS/c1-12(7-8-20)11-15(17(24)21-2)23-16(18-22-9-10-25-18)13-3-5-14(19)6-4-13/h3-6,9-10,12,15-16,23H,7,11H2,1-2H3,(H,21,24)/t12-,15+,16+/m1/s1. The van der Waals surface area contributed by atoms with Crippen LogP contribution in [0.25, 0.3) is 0 Å². The Bertz CT molecular complexity index is 712. The molecule has 1 aromatic heterocycles. The number of aromatic nitrogens is 1. The maximum Gasteiger partial charge on any atom is 0.236 e. The van der Waals surface area contributed by atoms with Crippen molar-refractivity contribution in [2.45, 2.75) is 31.8 Å². The number of amides is 1. The van der Waals surface area contributed by atoms with Crippen molar-refractivity contribution < 1.29 is 4.79 Å². The van der Waals surface area contributed by atoms with Crippen LogP contribution in [-0.4, -0.2) is 24.0 Å². The normalized spacial score (nSPS) is 14.3. The van der Waals surface area contributed by atoms with Gasteiger partial charge in [-0.1, -0.05) is 35.0 Å². The number of nitrogens with zero attached hydrogens (tertiary/aromatic N) is 2. The van der Waals surface area contributed by atoms with Crippen LogP contribution in [0.3, 0.4) is 0 Å². The molecule has 1 amide bonds. The molecule has 25 heavy (non-hydrogen) atoms. The number of hydrogen-bond donors (Lipinski definition) is 2. The van der Waals surface area contributed by atoms with Gasteiger partial charge in [0, 0.05) is 29.5 Å². The molecule has 1 heterocycles. The number of nitrogens with one attached hydrogen (secondary N) is 2. The molecule has 132 valence electrons. The monoisotopic (exact) mass is 420 g/mol. The molecule has 0 unspecified atom stereocenters. The molecule has 0 radical (unpaired) electrons. The van der Waals surface area contributed by atoms with Crippen LogP contribution >= 0.6 is 27.3 Å². The minimum absolute atomic E-state index is 0.0801. The first-order chi connectivity index (χ1) is 12.0. The molecule has 0 spiro atoms. The van der Waals surface area contributed by atoms with E-state index in [4.69, 9.17) is 5.26 Å². The number of carbonyl (C=O) groups excluding carboxylic acids is 1. The second-order valence-electron chi connectivity index (χ2n) is 5.89. The molecule has 0 aliphatic carbocycles. The third-order valence-corrected chi connectivity index (χ3v) is 5.28. The number of benzene rings is 1. The molecular formula is C18H21BrN4OS. The highest BCUT2D eigenvalue weighted by atomic mass is 79.9. The van der Waals surface area contributed by atoms with Gasteiger partial charge in [0.05, 0.1) is 18.2 Å². The number of halogens is 1. The van der Waals surface area contributed by atoms with E-state index >= 15 is 0 Å². The SMILES string of the molecule is CNC(=O)[C@H](C[C@H](C)CC#N)N[C@@H](c1ccc(Br)cc1)c1nccs1. The third kappa shape index (κ3) is 5.63. The Labute approximate surface area is 160 Å². The summed E-state index contributed by atoms with van der Waals surface area (Å²) in [6.45, 7) is 1.98. The second kappa shape index (κ2) is 9.66. The molecule has 0 aliphatic rings. The van der Waals surface area contributed by atoms with Crippen molar-refractivity contribution in [3.8, 4) is 6.07 Å². The Balaban J connectivity index is 2.27. The van der Waals surface area contributed by atoms with Gasteiger partial charge in [0.2, 0.25) is 5.91 Å². The summed E-state index contributed by atoms with van der Waals surface area (Å²) in [4.78, 5) is 16.8. The summed E-state index contributed by atoms with van der Waals surface area (Å²) in [5.74, 6) is 0.0464. The highest BCUT2D eigenvalue weighted by molar-refractivity contribution is 9.10. The lowest BCUT2D eigenvalue weighted by molar-refractivity contribution is -0.123. The molecule has 0 saturated carbocycles. The molecule has 7 heteroatoms. The molecule has 0 fully saturated rings. The summed E-state index contributed by atoms with van der Waals surface area (Å²) in [6, 6.07) is 9.59. The predicted molar refractivity (Wildman–Crippen MR) is 103 cm³/mol. The quantitative estimate of drug-likeness (QED) is 0.682. The number of thiazole rings is 1. The minimum atomic E-state index is -0.397. The number of carbonyl (C=O) groups is 1. The van der Waals surface area contributed by atoms with Crippen LogP contribution in [0.2, 0.25) is 0 Å². The molecular weight excluding hydrogens is 400 g/mol. The van der Waals surface area contributed by atoms with E-state index in [2.05, 4.69) is 37.6 Å². The van der Waals surface area contributed by atoms with Gasteiger partial charge in [0.15, 0.2) is 0 Å². The molecule has 0 saturated heterocycles. The molecule has 2 N–H and O–H groups in total. The van der Waals surface area contributed by atoms with Crippen molar-refractivity contribution in [1.29, 1.82) is 5.26 Å². The maximum absolute atomic E-state index is 12.4. The van der Waals surface area contributed by atoms with E-state index in [1.54, 1.807) is 24.6 Å². The van der Waals surface area contributed by atoms with Crippen molar-refractivity contribution in [3.05, 3.63) is 50.9 Å². The first-order valence-corrected chi connectivity index (χ1v) is 9.71. The smallest absolute Gasteiger partial charge is 0.236 e. The van der Waals surface area contributed by atoms with E-state index in [9.17, 15) is 4.79 Å². The topological polar surface area (TPSA) is 77.8 Å². The van der Waals surface area contributed by atoms with Crippen molar-refractivity contribution >= 4 is 33.2 Å². The van der Waals surface area contributed by atoms with Crippen molar-refractivity contribution in [2.24, 2.45) is 5.92 Å². The molecule has 5 nitrogen and oxygen atoms in total. The first-order valence-electron chi connectivity index (χ1n) is 8.04. The van der Waals surface area contributed by atoms with Gasteiger partial charge in [0.25, 0.3) is 0 Å². The Kier molecular flexibility index (Phi) is 7.56. The molecule has 2 rings (SSSR count). The van der Waals surface area contributed by atoms with Gasteiger partial charge in [-0.15, -0.1) is 11.3 Å². The van der Waals surface area contributed by atoms with Gasteiger partial charge in [-0.3, -0.25) is 10.1 Å². The zero-order chi connectivity index (χ0) is 18.2. The zero-order valence-corrected chi connectivity index (χ0v) is 16.6. The second-order valence-corrected chi connectivity index (χ2v) is 7.73. The number of rotatable bonds is 8. The van der Waals surface area contributed by atoms with E-state index in [-0.39, 0.29) is 17.9 Å². The van der Waals surface area contributed by atoms with Gasteiger partial charge in [-0.05, 0) is 30.0 Å². The summed E-state index contributed by atoms with van der Waals surface area (Å²) in [5, 5.41) is 17.9. The van der Waals surface area contributed by atoms with Crippen molar-refractivity contribution in [1.82, 2.24) is 15.6 Å². The summed E-state index contributed by atoms with van der Waals surface area (Å²) >= 11 is 5.00. The Morgan fingerprint density at radius 2 is 2.12 bits per heavy atom. The van der Waals surface area contributed by atoms with E-state index in [0.29, 0.717) is 12.8 Å². The third-order valence-electron chi connectivity index (χ3n) is 3.91. The average molecular weight is 421 g/mol. The van der Waals surface area contributed by atoms with Crippen LogP contribution < -0.4 is 10.6 Å². The Morgan fingerprint density at radius 3 is 2.68 bits per heavy atom. The van der Waals surface area contributed by atoms with Crippen LogP contribution in [0.4, 0.5) is 0 Å². The number of nitriles is 1. The highest BCUT2D eigenvalue weighted by Gasteiger charge is 2.26. The Hall–Kier alpha value is -1.75. The largest absolute Gasteiger partial charge is 0.358 e. The Morgan fingerprint density at radius 1 is 1.40 bits per heavy atom. The summed E-state index contributed by atoms with van der Waals surface area (Å²) in [5.41, 5.74) is 1.04. The van der Waals surface area contributed by atoms with Gasteiger partial charge in [-0.25, -0.2) is 4.98 Å². The molecule has 0 bridgehead atoms. The van der Waals surface area contributed by atoms with Gasteiger partial charge < -0.3 is 5.32 Å². The zero-order valence-electron chi connectivity index (χ0n) is 14.2. The van der Waals surface area contributed by atoms with Gasteiger partial charge in [0.1, 0.15) is 5.01 Å². The average Bonchev–Trinajstić information content (AvgIpc) is 3.13. The fourth-order valence-corrected chi connectivity index (χ4v) is 3.60. The van der Waals surface area contributed by atoms with Crippen LogP contribution in [0.1, 0.15) is 36.4 Å². The van der Waals surface area contributed by atoms with E-state index in [0.717, 1.165) is 15.0 Å². The number of likely N-dealkylation sites (N-methyl/N-ethyl adjacent to an activating group) is 1. The molecule has 1 aromatic carbocycles. The van der Waals surface area contributed by atoms with E-state index < -0.39 is 6.04 Å².